The van der Waals surface area contributed by atoms with Crippen LogP contribution in [0.5, 0.6) is 0 Å². The minimum Gasteiger partial charge on any atom is -0.458 e. The van der Waals surface area contributed by atoms with E-state index in [2.05, 4.69) is 4.98 Å². The van der Waals surface area contributed by atoms with E-state index in [1.54, 1.807) is 20.8 Å². The highest BCUT2D eigenvalue weighted by Gasteiger charge is 2.53. The van der Waals surface area contributed by atoms with Gasteiger partial charge in [0, 0.05) is 17.7 Å². The first kappa shape index (κ1) is 35.1. The molecule has 3 saturated heterocycles. The molecule has 4 heterocycles. The van der Waals surface area contributed by atoms with Crippen LogP contribution in [0.3, 0.4) is 0 Å². The van der Waals surface area contributed by atoms with Crippen LogP contribution >= 0.6 is 11.3 Å². The van der Waals surface area contributed by atoms with Crippen molar-refractivity contribution in [1.82, 2.24) is 4.98 Å². The van der Waals surface area contributed by atoms with E-state index in [1.807, 2.05) is 39.2 Å². The normalized spacial score (nSPS) is 40.8. The van der Waals surface area contributed by atoms with Gasteiger partial charge in [-0.3, -0.25) is 9.59 Å². The van der Waals surface area contributed by atoms with Gasteiger partial charge in [0.25, 0.3) is 0 Å². The van der Waals surface area contributed by atoms with E-state index in [9.17, 15) is 30.0 Å². The number of ketones is 1. The van der Waals surface area contributed by atoms with E-state index >= 15 is 0 Å². The van der Waals surface area contributed by atoms with Crippen molar-refractivity contribution in [2.75, 3.05) is 6.61 Å². The van der Waals surface area contributed by atoms with E-state index in [4.69, 9.17) is 18.9 Å². The second-order valence-electron chi connectivity index (χ2n) is 13.6. The van der Waals surface area contributed by atoms with E-state index in [0.29, 0.717) is 12.8 Å². The zero-order valence-corrected chi connectivity index (χ0v) is 27.6. The van der Waals surface area contributed by atoms with Crippen molar-refractivity contribution >= 4 is 29.2 Å². The average Bonchev–Trinajstić information content (AvgIpc) is 3.26. The molecule has 248 valence electrons. The van der Waals surface area contributed by atoms with Crippen LogP contribution in [0.2, 0.25) is 0 Å². The molecule has 12 heteroatoms. The number of nitrogens with zero attached hydrogens (tertiary/aromatic N) is 1. The number of thiazole rings is 1. The number of aryl methyl sites for hydroxylation is 1. The highest BCUT2D eigenvalue weighted by molar-refractivity contribution is 7.09. The molecule has 0 aromatic carbocycles. The fourth-order valence-electron chi connectivity index (χ4n) is 6.41. The van der Waals surface area contributed by atoms with E-state index in [-0.39, 0.29) is 29.8 Å². The first-order chi connectivity index (χ1) is 20.6. The molecule has 1 aromatic rings. The van der Waals surface area contributed by atoms with Gasteiger partial charge < -0.3 is 39.4 Å². The number of carbonyl (C=O) groups excluding carboxylic acids is 2. The highest BCUT2D eigenvalue weighted by Crippen LogP contribution is 2.45. The molecule has 3 fully saturated rings. The Kier molecular flexibility index (Phi) is 11.1. The van der Waals surface area contributed by atoms with Crippen molar-refractivity contribution in [1.29, 1.82) is 0 Å². The van der Waals surface area contributed by atoms with E-state index in [1.165, 1.54) is 11.3 Å². The summed E-state index contributed by atoms with van der Waals surface area (Å²) in [5, 5.41) is 44.5. The number of carbonyl (C=O) groups is 2. The molecule has 3 aliphatic rings. The van der Waals surface area contributed by atoms with Crippen LogP contribution in [-0.2, 0) is 28.5 Å². The van der Waals surface area contributed by atoms with Gasteiger partial charge in [-0.1, -0.05) is 34.1 Å². The third kappa shape index (κ3) is 7.78. The largest absolute Gasteiger partial charge is 0.458 e. The Morgan fingerprint density at radius 2 is 1.86 bits per heavy atom. The first-order valence-electron chi connectivity index (χ1n) is 15.5. The molecule has 11 atom stereocenters. The maximum atomic E-state index is 13.9. The van der Waals surface area contributed by atoms with Crippen LogP contribution in [0.15, 0.2) is 11.0 Å². The van der Waals surface area contributed by atoms with Gasteiger partial charge in [0.05, 0.1) is 53.1 Å². The Hall–Kier alpha value is -1.77. The van der Waals surface area contributed by atoms with Crippen molar-refractivity contribution in [3.05, 3.63) is 21.7 Å². The Morgan fingerprint density at radius 1 is 1.16 bits per heavy atom. The number of Topliss-reactive ketones (excluding diaryl/α,β-unsaturated/α-hetero) is 1. The van der Waals surface area contributed by atoms with Gasteiger partial charge in [0.2, 0.25) is 0 Å². The molecule has 0 aliphatic carbocycles. The van der Waals surface area contributed by atoms with Gasteiger partial charge in [0.15, 0.2) is 6.29 Å². The summed E-state index contributed by atoms with van der Waals surface area (Å²) >= 11 is 1.53. The molecular weight excluding hydrogens is 590 g/mol. The number of aromatic nitrogens is 1. The minimum absolute atomic E-state index is 0.128. The summed E-state index contributed by atoms with van der Waals surface area (Å²) in [7, 11) is 0. The fourth-order valence-corrected chi connectivity index (χ4v) is 6.98. The van der Waals surface area contributed by atoms with Gasteiger partial charge in [-0.15, -0.1) is 11.3 Å². The van der Waals surface area contributed by atoms with Crippen LogP contribution < -0.4 is 0 Å². The third-order valence-corrected chi connectivity index (χ3v) is 10.5. The molecule has 0 radical (unpaired) electrons. The maximum Gasteiger partial charge on any atom is 0.309 e. The zero-order valence-electron chi connectivity index (χ0n) is 26.8. The van der Waals surface area contributed by atoms with Crippen molar-refractivity contribution in [3.63, 3.8) is 0 Å². The summed E-state index contributed by atoms with van der Waals surface area (Å²) in [6.07, 6.45) is -4.02. The Morgan fingerprint density at radius 3 is 2.48 bits per heavy atom. The molecule has 3 aliphatic heterocycles. The molecule has 11 nitrogen and oxygen atoms in total. The quantitative estimate of drug-likeness (QED) is 0.276. The minimum atomic E-state index is -1.51. The van der Waals surface area contributed by atoms with Crippen LogP contribution in [-0.4, -0.2) is 98.4 Å². The molecule has 0 bridgehead atoms. The summed E-state index contributed by atoms with van der Waals surface area (Å²) in [6, 6.07) is 0. The topological polar surface area (TPSA) is 168 Å². The molecule has 11 unspecified atom stereocenters. The zero-order chi connectivity index (χ0) is 32.6. The molecule has 4 rings (SSSR count). The van der Waals surface area contributed by atoms with Crippen molar-refractivity contribution < 1.29 is 49.0 Å². The van der Waals surface area contributed by atoms with Crippen LogP contribution in [0.25, 0.3) is 6.08 Å². The van der Waals surface area contributed by atoms with Gasteiger partial charge in [0.1, 0.15) is 30.2 Å². The van der Waals surface area contributed by atoms with Gasteiger partial charge in [-0.25, -0.2) is 4.98 Å². The lowest BCUT2D eigenvalue weighted by Crippen LogP contribution is -2.49. The van der Waals surface area contributed by atoms with Crippen LogP contribution in [0.4, 0.5) is 0 Å². The average molecular weight is 640 g/mol. The summed E-state index contributed by atoms with van der Waals surface area (Å²) in [5.74, 6) is -1.90. The first-order valence-corrected chi connectivity index (χ1v) is 16.4. The van der Waals surface area contributed by atoms with Gasteiger partial charge >= 0.3 is 5.97 Å². The van der Waals surface area contributed by atoms with Crippen molar-refractivity contribution in [2.24, 2.45) is 17.3 Å². The Labute approximate surface area is 263 Å². The highest BCUT2D eigenvalue weighted by atomic mass is 32.1. The number of cyclic esters (lactones) is 1. The Balaban J connectivity index is 1.65. The summed E-state index contributed by atoms with van der Waals surface area (Å²) in [5.41, 5.74) is -0.146. The molecule has 1 aromatic heterocycles. The molecule has 0 spiro atoms. The molecular formula is C32H49NO10S. The number of aliphatic hydroxyl groups is 4. The Bertz CT molecular complexity index is 1200. The predicted molar refractivity (Wildman–Crippen MR) is 163 cm³/mol. The monoisotopic (exact) mass is 639 g/mol. The smallest absolute Gasteiger partial charge is 0.309 e. The lowest BCUT2D eigenvalue weighted by Gasteiger charge is -2.38. The van der Waals surface area contributed by atoms with Gasteiger partial charge in [-0.2, -0.15) is 0 Å². The van der Waals surface area contributed by atoms with Crippen LogP contribution in [0.1, 0.15) is 84.3 Å². The summed E-state index contributed by atoms with van der Waals surface area (Å²) < 4.78 is 23.8. The number of fused-ring (bicyclic) bond motifs is 1. The van der Waals surface area contributed by atoms with Crippen molar-refractivity contribution in [2.45, 2.75) is 135 Å². The fraction of sp³-hybridized carbons (Fsp3) is 0.781. The lowest BCUT2D eigenvalue weighted by molar-refractivity contribution is -0.218. The molecule has 44 heavy (non-hydrogen) atoms. The van der Waals surface area contributed by atoms with Gasteiger partial charge in [-0.05, 0) is 51.2 Å². The summed E-state index contributed by atoms with van der Waals surface area (Å²) in [6.45, 7) is 12.1. The third-order valence-electron chi connectivity index (χ3n) is 9.69. The number of rotatable bonds is 5. The predicted octanol–water partition coefficient (Wildman–Crippen LogP) is 2.94. The van der Waals surface area contributed by atoms with E-state index < -0.39 is 66.8 Å². The number of ether oxygens (including phenoxy) is 4. The lowest BCUT2D eigenvalue weighted by atomic mass is 9.72. The second kappa shape index (κ2) is 13.9. The summed E-state index contributed by atoms with van der Waals surface area (Å²) in [4.78, 5) is 32.1. The molecule has 0 saturated carbocycles. The SMILES string of the molecule is CC(=Cc1csc(C)n1)C1CC2OC2(C)CCCC(C)C(O)C(C)C(=O)C(C)(C)C(OC2OC(CO)C(O)C2O)CC(=O)O1. The standard InChI is InChI=1S/C32H49NO10S/c1-16-9-8-10-32(7)24(43-32)12-21(17(2)11-20-15-44-19(4)33-20)40-25(35)13-23(31(5,6)29(39)18(3)26(16)36)42-30-28(38)27(37)22(14-34)41-30/h11,15-16,18,21-24,26-28,30,34,36-38H,8-10,12-14H2,1-7H3. The number of hydrogen-bond donors (Lipinski definition) is 4. The number of hydrogen-bond acceptors (Lipinski definition) is 12. The molecule has 0 amide bonds. The second-order valence-corrected chi connectivity index (χ2v) is 14.6. The molecule has 4 N–H and O–H groups in total. The number of aliphatic hydroxyl groups excluding tert-OH is 4. The number of epoxide rings is 1. The van der Waals surface area contributed by atoms with Crippen molar-refractivity contribution in [3.8, 4) is 0 Å². The number of esters is 1. The van der Waals surface area contributed by atoms with Crippen LogP contribution in [0, 0.1) is 24.2 Å². The maximum absolute atomic E-state index is 13.9. The van der Waals surface area contributed by atoms with E-state index in [0.717, 1.165) is 29.1 Å².